The summed E-state index contributed by atoms with van der Waals surface area (Å²) in [4.78, 5) is 2.00. The molecule has 0 fully saturated rings. The van der Waals surface area contributed by atoms with Gasteiger partial charge in [-0.15, -0.1) is 0 Å². The molecule has 0 aromatic heterocycles. The van der Waals surface area contributed by atoms with Gasteiger partial charge in [0.15, 0.2) is 0 Å². The second-order valence-electron chi connectivity index (χ2n) is 2.84. The van der Waals surface area contributed by atoms with Crippen LogP contribution < -0.4 is 0 Å². The fraction of sp³-hybridized carbons (Fsp3) is 1.00. The van der Waals surface area contributed by atoms with Crippen LogP contribution in [0.2, 0.25) is 0 Å². The molecule has 0 heterocycles. The summed E-state index contributed by atoms with van der Waals surface area (Å²) in [5.41, 5.74) is 0. The minimum Gasteiger partial charge on any atom is -0.303 e. The molecule has 5 heteroatoms. The number of hydrogen-bond donors (Lipinski definition) is 0. The van der Waals surface area contributed by atoms with Gasteiger partial charge in [0.05, 0.1) is 0 Å². The molecule has 0 aliphatic carbocycles. The Balaban J connectivity index is 3.49. The first-order chi connectivity index (χ1) is 5.99. The van der Waals surface area contributed by atoms with E-state index in [9.17, 15) is 13.2 Å². The Hall–Kier alpha value is 0.230. The third kappa shape index (κ3) is 8.56. The van der Waals surface area contributed by atoms with Crippen LogP contribution in [0, 0.1) is 0 Å². The molecular formula is C8H15BrF3N. The number of rotatable bonds is 6. The summed E-state index contributed by atoms with van der Waals surface area (Å²) < 4.78 is 35.3. The second-order valence-corrected chi connectivity index (χ2v) is 3.63. The first kappa shape index (κ1) is 13.2. The highest BCUT2D eigenvalue weighted by atomic mass is 79.9. The van der Waals surface area contributed by atoms with Gasteiger partial charge in [-0.25, -0.2) is 0 Å². The summed E-state index contributed by atoms with van der Waals surface area (Å²) in [5.74, 6) is 0. The maximum absolute atomic E-state index is 11.8. The van der Waals surface area contributed by atoms with Crippen LogP contribution in [0.3, 0.4) is 0 Å². The van der Waals surface area contributed by atoms with Gasteiger partial charge in [-0.2, -0.15) is 13.2 Å². The molecule has 0 unspecified atom stereocenters. The molecule has 0 saturated carbocycles. The molecule has 0 rings (SSSR count). The molecule has 0 aromatic carbocycles. The summed E-state index contributed by atoms with van der Waals surface area (Å²) in [5, 5.41) is 0.812. The molecule has 0 N–H and O–H groups in total. The first-order valence-corrected chi connectivity index (χ1v) is 5.47. The van der Waals surface area contributed by atoms with E-state index in [1.165, 1.54) is 0 Å². The Bertz CT molecular complexity index is 127. The fourth-order valence-electron chi connectivity index (χ4n) is 1.05. The summed E-state index contributed by atoms with van der Waals surface area (Å²) in [7, 11) is 0. The van der Waals surface area contributed by atoms with Crippen molar-refractivity contribution in [1.29, 1.82) is 0 Å². The predicted molar refractivity (Wildman–Crippen MR) is 51.2 cm³/mol. The van der Waals surface area contributed by atoms with E-state index in [1.807, 2.05) is 11.8 Å². The van der Waals surface area contributed by atoms with Gasteiger partial charge in [0.2, 0.25) is 0 Å². The molecule has 0 bridgehead atoms. The van der Waals surface area contributed by atoms with Crippen LogP contribution in [0.4, 0.5) is 13.2 Å². The first-order valence-electron chi connectivity index (χ1n) is 4.34. The largest absolute Gasteiger partial charge is 0.389 e. The van der Waals surface area contributed by atoms with Crippen LogP contribution in [0.5, 0.6) is 0 Å². The summed E-state index contributed by atoms with van der Waals surface area (Å²) >= 11 is 3.26. The Labute approximate surface area is 85.4 Å². The van der Waals surface area contributed by atoms with Gasteiger partial charge in [0.1, 0.15) is 0 Å². The highest BCUT2D eigenvalue weighted by Crippen LogP contribution is 2.21. The van der Waals surface area contributed by atoms with Gasteiger partial charge in [-0.3, -0.25) is 0 Å². The lowest BCUT2D eigenvalue weighted by Crippen LogP contribution is -2.27. The topological polar surface area (TPSA) is 3.24 Å². The van der Waals surface area contributed by atoms with E-state index in [4.69, 9.17) is 0 Å². The molecule has 0 spiro atoms. The van der Waals surface area contributed by atoms with Gasteiger partial charge >= 0.3 is 6.18 Å². The van der Waals surface area contributed by atoms with Crippen LogP contribution in [0.15, 0.2) is 0 Å². The fourth-order valence-corrected chi connectivity index (χ4v) is 1.55. The van der Waals surface area contributed by atoms with Crippen molar-refractivity contribution in [1.82, 2.24) is 4.90 Å². The minimum atomic E-state index is -4.01. The zero-order chi connectivity index (χ0) is 10.3. The van der Waals surface area contributed by atoms with E-state index < -0.39 is 12.6 Å². The van der Waals surface area contributed by atoms with Crippen LogP contribution >= 0.6 is 15.9 Å². The summed E-state index contributed by atoms with van der Waals surface area (Å²) in [6, 6.07) is 0. The van der Waals surface area contributed by atoms with Crippen LogP contribution in [-0.2, 0) is 0 Å². The molecule has 80 valence electrons. The monoisotopic (exact) mass is 261 g/mol. The van der Waals surface area contributed by atoms with Gasteiger partial charge < -0.3 is 4.90 Å². The van der Waals surface area contributed by atoms with E-state index >= 15 is 0 Å². The van der Waals surface area contributed by atoms with Crippen LogP contribution in [0.1, 0.15) is 19.8 Å². The number of halogens is 4. The standard InChI is InChI=1S/C8H15BrF3N/c1-2-13(7-5-9)6-3-4-8(10,11)12/h2-7H2,1H3. The van der Waals surface area contributed by atoms with Crippen molar-refractivity contribution >= 4 is 15.9 Å². The quantitative estimate of drug-likeness (QED) is 0.665. The smallest absolute Gasteiger partial charge is 0.303 e. The summed E-state index contributed by atoms with van der Waals surface area (Å²) in [6.45, 7) is 4.11. The summed E-state index contributed by atoms with van der Waals surface area (Å²) in [6.07, 6.45) is -4.48. The maximum Gasteiger partial charge on any atom is 0.389 e. The Morgan fingerprint density at radius 3 is 2.23 bits per heavy atom. The van der Waals surface area contributed by atoms with E-state index in [0.717, 1.165) is 18.4 Å². The van der Waals surface area contributed by atoms with E-state index in [2.05, 4.69) is 15.9 Å². The van der Waals surface area contributed by atoms with Gasteiger partial charge in [-0.1, -0.05) is 22.9 Å². The van der Waals surface area contributed by atoms with E-state index in [-0.39, 0.29) is 6.42 Å². The van der Waals surface area contributed by atoms with Crippen molar-refractivity contribution in [3.05, 3.63) is 0 Å². The SMILES string of the molecule is CCN(CCBr)CCCC(F)(F)F. The molecule has 1 nitrogen and oxygen atoms in total. The zero-order valence-corrected chi connectivity index (χ0v) is 9.29. The van der Waals surface area contributed by atoms with E-state index in [0.29, 0.717) is 6.54 Å². The highest BCUT2D eigenvalue weighted by Gasteiger charge is 2.26. The Morgan fingerprint density at radius 1 is 1.23 bits per heavy atom. The van der Waals surface area contributed by atoms with Gasteiger partial charge in [0, 0.05) is 18.3 Å². The Morgan fingerprint density at radius 2 is 1.85 bits per heavy atom. The highest BCUT2D eigenvalue weighted by molar-refractivity contribution is 9.09. The third-order valence-corrected chi connectivity index (χ3v) is 2.14. The van der Waals surface area contributed by atoms with Crippen molar-refractivity contribution in [3.8, 4) is 0 Å². The van der Waals surface area contributed by atoms with Crippen LogP contribution in [0.25, 0.3) is 0 Å². The van der Waals surface area contributed by atoms with Crippen molar-refractivity contribution < 1.29 is 13.2 Å². The molecule has 0 atom stereocenters. The van der Waals surface area contributed by atoms with Gasteiger partial charge in [0.25, 0.3) is 0 Å². The molecule has 0 aliphatic heterocycles. The van der Waals surface area contributed by atoms with Crippen molar-refractivity contribution in [2.24, 2.45) is 0 Å². The number of hydrogen-bond acceptors (Lipinski definition) is 1. The molecule has 13 heavy (non-hydrogen) atoms. The van der Waals surface area contributed by atoms with Crippen molar-refractivity contribution in [2.75, 3.05) is 25.0 Å². The Kier molecular flexibility index (Phi) is 6.77. The van der Waals surface area contributed by atoms with Crippen molar-refractivity contribution in [2.45, 2.75) is 25.9 Å². The normalized spacial score (nSPS) is 12.5. The molecule has 0 aliphatic rings. The lowest BCUT2D eigenvalue weighted by molar-refractivity contribution is -0.136. The van der Waals surface area contributed by atoms with E-state index in [1.54, 1.807) is 0 Å². The third-order valence-electron chi connectivity index (χ3n) is 1.78. The lowest BCUT2D eigenvalue weighted by Gasteiger charge is -2.19. The molecule has 0 amide bonds. The number of alkyl halides is 4. The maximum atomic E-state index is 11.8. The minimum absolute atomic E-state index is 0.199. The zero-order valence-electron chi connectivity index (χ0n) is 7.70. The molecular weight excluding hydrogens is 247 g/mol. The lowest BCUT2D eigenvalue weighted by atomic mass is 10.3. The van der Waals surface area contributed by atoms with Crippen molar-refractivity contribution in [3.63, 3.8) is 0 Å². The predicted octanol–water partition coefficient (Wildman–Crippen LogP) is 3.05. The average Bonchev–Trinajstić information content (AvgIpc) is 2.01. The molecule has 0 saturated heterocycles. The second kappa shape index (κ2) is 6.65. The molecule has 0 aromatic rings. The van der Waals surface area contributed by atoms with Gasteiger partial charge in [-0.05, 0) is 19.5 Å². The molecule has 0 radical (unpaired) electrons. The van der Waals surface area contributed by atoms with Crippen LogP contribution in [-0.4, -0.2) is 36.0 Å². The average molecular weight is 262 g/mol. The number of nitrogens with zero attached hydrogens (tertiary/aromatic N) is 1.